The van der Waals surface area contributed by atoms with E-state index in [0.717, 1.165) is 77.9 Å². The van der Waals surface area contributed by atoms with Crippen LogP contribution in [0.2, 0.25) is 0 Å². The zero-order chi connectivity index (χ0) is 34.9. The van der Waals surface area contributed by atoms with E-state index in [1.54, 1.807) is 0 Å². The lowest BCUT2D eigenvalue weighted by molar-refractivity contribution is -0.215. The summed E-state index contributed by atoms with van der Waals surface area (Å²) in [5.74, 6) is 1.63. The number of fused-ring (bicyclic) bond motifs is 4. The first-order valence-corrected chi connectivity index (χ1v) is 20.0. The van der Waals surface area contributed by atoms with Crippen molar-refractivity contribution in [2.75, 3.05) is 46.0 Å². The molecular weight excluding hydrogens is 620 g/mol. The van der Waals surface area contributed by atoms with Gasteiger partial charge < -0.3 is 34.1 Å². The minimum absolute atomic E-state index is 0.0121. The van der Waals surface area contributed by atoms with Gasteiger partial charge in [-0.15, -0.1) is 0 Å². The van der Waals surface area contributed by atoms with E-state index < -0.39 is 17.8 Å². The molecule has 278 valence electrons. The number of nitrogens with zero attached hydrogens (tertiary/aromatic N) is 2. The number of carbonyl (C=O) groups excluding carboxylic acids is 1. The van der Waals surface area contributed by atoms with Gasteiger partial charge in [0.25, 0.3) is 0 Å². The van der Waals surface area contributed by atoms with E-state index >= 15 is 0 Å². The molecule has 4 unspecified atom stereocenters. The average Bonchev–Trinajstić information content (AvgIpc) is 3.65. The lowest BCUT2D eigenvalue weighted by atomic mass is 9.41. The third-order valence-corrected chi connectivity index (χ3v) is 17.1. The molecule has 3 aliphatic heterocycles. The molecule has 13 atom stereocenters. The fourth-order valence-electron chi connectivity index (χ4n) is 14.6. The van der Waals surface area contributed by atoms with E-state index in [1.807, 2.05) is 25.7 Å². The molecule has 2 spiro atoms. The van der Waals surface area contributed by atoms with Crippen molar-refractivity contribution in [2.45, 2.75) is 149 Å². The number of aliphatic hydroxyl groups excluding tert-OH is 1. The molecule has 0 radical (unpaired) electrons. The van der Waals surface area contributed by atoms with Gasteiger partial charge in [0.1, 0.15) is 12.2 Å². The Kier molecular flexibility index (Phi) is 8.24. The predicted molar refractivity (Wildman–Crippen MR) is 186 cm³/mol. The summed E-state index contributed by atoms with van der Waals surface area (Å²) in [5, 5.41) is 23.7. The van der Waals surface area contributed by atoms with Crippen LogP contribution in [0.3, 0.4) is 0 Å². The monoisotopic (exact) mass is 686 g/mol. The third kappa shape index (κ3) is 4.73. The maximum Gasteiger partial charge on any atom is 0.410 e. The van der Waals surface area contributed by atoms with Crippen LogP contribution in [0.25, 0.3) is 0 Å². The van der Waals surface area contributed by atoms with Crippen molar-refractivity contribution in [3.63, 3.8) is 0 Å². The summed E-state index contributed by atoms with van der Waals surface area (Å²) in [4.78, 5) is 17.9. The highest BCUT2D eigenvalue weighted by Crippen LogP contribution is 2.89. The zero-order valence-electron chi connectivity index (χ0n) is 31.7. The lowest BCUT2D eigenvalue weighted by Gasteiger charge is -2.63. The van der Waals surface area contributed by atoms with Gasteiger partial charge in [-0.05, 0) is 112 Å². The average molecular weight is 687 g/mol. The van der Waals surface area contributed by atoms with Gasteiger partial charge in [-0.25, -0.2) is 4.79 Å². The molecule has 8 rings (SSSR count). The highest BCUT2D eigenvalue weighted by Gasteiger charge is 2.84. The molecule has 2 N–H and O–H groups in total. The number of hydrogen-bond donors (Lipinski definition) is 2. The molecular formula is C40H66N2O7. The fraction of sp³-hybridized carbons (Fsp3) is 0.975. The molecule has 9 heteroatoms. The second-order valence-corrected chi connectivity index (χ2v) is 19.7. The SMILES string of the molecule is CCO[C@@H](C1C[C@@H](C)[C@H]2C(O1)[C@H](O)[C@@]1(C)C3CC[C@H]4C(C)(C)[C@@H](OC(=O)N5CCN(C6COC6)CC5)CC[C@@]45CC35CC[C@]21C)C(C)(C)O. The summed E-state index contributed by atoms with van der Waals surface area (Å²) in [6.45, 7) is 23.1. The second kappa shape index (κ2) is 11.5. The van der Waals surface area contributed by atoms with Crippen molar-refractivity contribution in [3.05, 3.63) is 0 Å². The molecule has 0 aromatic carbocycles. The van der Waals surface area contributed by atoms with Gasteiger partial charge in [0.2, 0.25) is 0 Å². The largest absolute Gasteiger partial charge is 0.446 e. The number of ether oxygens (including phenoxy) is 4. The van der Waals surface area contributed by atoms with Crippen LogP contribution < -0.4 is 0 Å². The molecule has 9 nitrogen and oxygen atoms in total. The molecule has 1 amide bonds. The molecule has 8 fully saturated rings. The van der Waals surface area contributed by atoms with Gasteiger partial charge in [0.15, 0.2) is 0 Å². The summed E-state index contributed by atoms with van der Waals surface area (Å²) in [6.07, 6.45) is 7.12. The van der Waals surface area contributed by atoms with Crippen LogP contribution in [0.4, 0.5) is 4.79 Å². The number of rotatable bonds is 6. The molecule has 49 heavy (non-hydrogen) atoms. The van der Waals surface area contributed by atoms with E-state index in [2.05, 4.69) is 39.5 Å². The third-order valence-electron chi connectivity index (χ3n) is 17.1. The molecule has 3 saturated heterocycles. The first kappa shape index (κ1) is 35.1. The van der Waals surface area contributed by atoms with Crippen LogP contribution in [-0.2, 0) is 18.9 Å². The molecule has 8 aliphatic rings. The van der Waals surface area contributed by atoms with E-state index in [4.69, 9.17) is 18.9 Å². The van der Waals surface area contributed by atoms with E-state index in [1.165, 1.54) is 12.8 Å². The number of hydrogen-bond acceptors (Lipinski definition) is 8. The quantitative estimate of drug-likeness (QED) is 0.378. The topological polar surface area (TPSA) is 101 Å². The van der Waals surface area contributed by atoms with Crippen LogP contribution in [0.5, 0.6) is 0 Å². The summed E-state index contributed by atoms with van der Waals surface area (Å²) in [6, 6.07) is 0.515. The summed E-state index contributed by atoms with van der Waals surface area (Å²) in [7, 11) is 0. The maximum absolute atomic E-state index is 13.5. The molecule has 5 aliphatic carbocycles. The molecule has 0 aromatic rings. The van der Waals surface area contributed by atoms with E-state index in [9.17, 15) is 15.0 Å². The second-order valence-electron chi connectivity index (χ2n) is 19.7. The van der Waals surface area contributed by atoms with Gasteiger partial charge in [-0.3, -0.25) is 4.90 Å². The van der Waals surface area contributed by atoms with Gasteiger partial charge in [0, 0.05) is 43.6 Å². The van der Waals surface area contributed by atoms with Crippen LogP contribution in [-0.4, -0.2) is 114 Å². The number of aliphatic hydroxyl groups is 2. The lowest BCUT2D eigenvalue weighted by Crippen LogP contribution is -2.60. The van der Waals surface area contributed by atoms with Gasteiger partial charge in [0.05, 0.1) is 43.2 Å². The van der Waals surface area contributed by atoms with Gasteiger partial charge in [-0.1, -0.05) is 34.6 Å². The standard InChI is InChI=1S/C40H66N2O7/c1-9-47-33(36(5,6)45)26-20-24(2)30-31(48-26)32(43)38(8)28-11-10-27-35(3,4)29(12-13-39(27)23-40(28,39)15-14-37(30,38)7)49-34(44)42-18-16-41(17-19-42)25-21-46-22-25/h24-33,43,45H,9-23H2,1-8H3/t24-,26?,27+,28?,29+,30+,31?,32+,33+,37-,38-,39-,40?/m1/s1. The van der Waals surface area contributed by atoms with Crippen molar-refractivity contribution in [1.29, 1.82) is 0 Å². The zero-order valence-corrected chi connectivity index (χ0v) is 31.7. The minimum atomic E-state index is -1.03. The minimum Gasteiger partial charge on any atom is -0.446 e. The smallest absolute Gasteiger partial charge is 0.410 e. The molecule has 5 saturated carbocycles. The summed E-state index contributed by atoms with van der Waals surface area (Å²) in [5.41, 5.74) is -0.853. The molecule has 3 heterocycles. The van der Waals surface area contributed by atoms with E-state index in [0.29, 0.717) is 30.4 Å². The number of amides is 1. The Morgan fingerprint density at radius 1 is 0.980 bits per heavy atom. The van der Waals surface area contributed by atoms with Crippen molar-refractivity contribution in [2.24, 2.45) is 50.7 Å². The van der Waals surface area contributed by atoms with Crippen LogP contribution in [0, 0.1) is 50.7 Å². The van der Waals surface area contributed by atoms with Gasteiger partial charge in [-0.2, -0.15) is 0 Å². The Morgan fingerprint density at radius 3 is 2.29 bits per heavy atom. The van der Waals surface area contributed by atoms with Crippen molar-refractivity contribution < 1.29 is 34.0 Å². The Balaban J connectivity index is 0.994. The normalized spacial score (nSPS) is 49.8. The van der Waals surface area contributed by atoms with Crippen LogP contribution in [0.15, 0.2) is 0 Å². The maximum atomic E-state index is 13.5. The molecule has 0 aromatic heterocycles. The number of carbonyl (C=O) groups is 1. The first-order chi connectivity index (χ1) is 23.0. The summed E-state index contributed by atoms with van der Waals surface area (Å²) < 4.78 is 24.9. The van der Waals surface area contributed by atoms with Crippen LogP contribution >= 0.6 is 0 Å². The molecule has 0 bridgehead atoms. The summed E-state index contributed by atoms with van der Waals surface area (Å²) >= 11 is 0. The van der Waals surface area contributed by atoms with Crippen molar-refractivity contribution in [1.82, 2.24) is 9.80 Å². The Morgan fingerprint density at radius 2 is 1.65 bits per heavy atom. The first-order valence-electron chi connectivity index (χ1n) is 20.0. The highest BCUT2D eigenvalue weighted by molar-refractivity contribution is 5.68. The Hall–Kier alpha value is -0.970. The van der Waals surface area contributed by atoms with Crippen LogP contribution in [0.1, 0.15) is 107 Å². The van der Waals surface area contributed by atoms with E-state index in [-0.39, 0.29) is 57.4 Å². The Bertz CT molecular complexity index is 1290. The van der Waals surface area contributed by atoms with Crippen molar-refractivity contribution in [3.8, 4) is 0 Å². The predicted octanol–water partition coefficient (Wildman–Crippen LogP) is 5.50. The van der Waals surface area contributed by atoms with Crippen molar-refractivity contribution >= 4 is 6.09 Å². The highest BCUT2D eigenvalue weighted by atomic mass is 16.6. The number of piperazine rings is 1. The van der Waals surface area contributed by atoms with Gasteiger partial charge >= 0.3 is 6.09 Å². The fourth-order valence-corrected chi connectivity index (χ4v) is 14.6. The Labute approximate surface area is 295 Å².